The highest BCUT2D eigenvalue weighted by atomic mass is 32.1. The van der Waals surface area contributed by atoms with Gasteiger partial charge in [0.2, 0.25) is 10.9 Å². The van der Waals surface area contributed by atoms with Gasteiger partial charge in [0.25, 0.3) is 0 Å². The van der Waals surface area contributed by atoms with Crippen molar-refractivity contribution in [2.45, 2.75) is 93.8 Å². The number of Topliss-reactive ketones (excluding diaryl/α,β-unsaturated/α-hetero) is 2. The Hall–Kier alpha value is -6.23. The number of hydrogen-bond donors (Lipinski definition) is 1. The lowest BCUT2D eigenvalue weighted by atomic mass is 9.68. The number of anilines is 1. The van der Waals surface area contributed by atoms with Crippen molar-refractivity contribution in [2.24, 2.45) is 16.8 Å². The summed E-state index contributed by atoms with van der Waals surface area (Å²) in [4.78, 5) is 62.7. The molecule has 0 amide bonds. The molecule has 5 aliphatic carbocycles. The number of ketones is 2. The number of ether oxygens (including phenoxy) is 2. The van der Waals surface area contributed by atoms with Crippen LogP contribution < -0.4 is 21.5 Å². The van der Waals surface area contributed by atoms with Crippen LogP contribution in [-0.4, -0.2) is 17.6 Å². The largest absolute Gasteiger partial charge is 0.487 e. The van der Waals surface area contributed by atoms with Gasteiger partial charge < -0.3 is 14.8 Å². The number of carbonyl (C=O) groups is 2. The van der Waals surface area contributed by atoms with Gasteiger partial charge in [-0.25, -0.2) is 4.99 Å². The van der Waals surface area contributed by atoms with Gasteiger partial charge in [0.15, 0.2) is 23.0 Å². The Morgan fingerprint density at radius 2 is 1.21 bits per heavy atom. The maximum atomic E-state index is 13.9. The second kappa shape index (κ2) is 14.1. The number of nitrogens with zero attached hydrogens (tertiary/aromatic N) is 1. The molecule has 2 fully saturated rings. The monoisotopic (exact) mass is 904 g/mol. The first-order chi connectivity index (χ1) is 32.2. The van der Waals surface area contributed by atoms with Crippen LogP contribution in [0.5, 0.6) is 0 Å². The average molecular weight is 905 g/mol. The molecular weight excluding hydrogens is 861 g/mol. The van der Waals surface area contributed by atoms with Gasteiger partial charge in [0, 0.05) is 54.3 Å². The number of hydrogen-bond acceptors (Lipinski definition) is 10. The molecule has 5 aromatic carbocycles. The van der Waals surface area contributed by atoms with Crippen molar-refractivity contribution in [1.29, 1.82) is 0 Å². The molecule has 0 bridgehead atoms. The minimum absolute atomic E-state index is 0.0216. The number of allylic oxidation sites excluding steroid dienone is 5. The summed E-state index contributed by atoms with van der Waals surface area (Å²) in [5.41, 5.74) is 2.77. The Balaban J connectivity index is 0.835. The van der Waals surface area contributed by atoms with Crippen LogP contribution in [0.2, 0.25) is 0 Å². The van der Waals surface area contributed by atoms with Crippen LogP contribution in [0.1, 0.15) is 118 Å². The van der Waals surface area contributed by atoms with Crippen molar-refractivity contribution in [3.05, 3.63) is 172 Å². The third-order valence-corrected chi connectivity index (χ3v) is 18.2. The summed E-state index contributed by atoms with van der Waals surface area (Å²) in [6.45, 7) is 0. The Morgan fingerprint density at radius 3 is 1.83 bits per heavy atom. The summed E-state index contributed by atoms with van der Waals surface area (Å²) in [5, 5.41) is 9.50. The van der Waals surface area contributed by atoms with Crippen LogP contribution in [0.15, 0.2) is 129 Å². The van der Waals surface area contributed by atoms with Crippen LogP contribution in [-0.2, 0) is 20.7 Å². The summed E-state index contributed by atoms with van der Waals surface area (Å²) >= 11 is 3.24. The SMILES string of the molecule is O=C1c2cc3ccccc3cc2C(=O)C1Nc1cc2c(s1)C1CC3C=C4OC5(CCCCC5)c5cc(N=c6c(=O)c7cc8ccccc8cc7c6=O)sc5C4=CC3C=C1OC21CCCCC1. The fourth-order valence-corrected chi connectivity index (χ4v) is 15.1. The Labute approximate surface area is 387 Å². The minimum Gasteiger partial charge on any atom is -0.487 e. The summed E-state index contributed by atoms with van der Waals surface area (Å²) in [5.74, 6) is 1.86. The summed E-state index contributed by atoms with van der Waals surface area (Å²) in [6.07, 6.45) is 18.2. The highest BCUT2D eigenvalue weighted by molar-refractivity contribution is 7.17. The van der Waals surface area contributed by atoms with E-state index in [0.29, 0.717) is 26.9 Å². The lowest BCUT2D eigenvalue weighted by molar-refractivity contribution is -0.0552. The number of rotatable bonds is 3. The van der Waals surface area contributed by atoms with E-state index in [0.717, 1.165) is 118 Å². The van der Waals surface area contributed by atoms with Crippen LogP contribution in [0, 0.1) is 11.8 Å². The molecule has 2 saturated carbocycles. The zero-order chi connectivity index (χ0) is 44.1. The van der Waals surface area contributed by atoms with Crippen molar-refractivity contribution in [2.75, 3.05) is 5.32 Å². The zero-order valence-electron chi connectivity index (χ0n) is 36.1. The van der Waals surface area contributed by atoms with E-state index in [2.05, 4.69) is 35.7 Å². The minimum atomic E-state index is -0.960. The molecular formula is C56H44N2O6S2. The van der Waals surface area contributed by atoms with Crippen LogP contribution in [0.3, 0.4) is 0 Å². The first-order valence-electron chi connectivity index (χ1n) is 23.6. The smallest absolute Gasteiger partial charge is 0.216 e. The molecule has 2 aromatic heterocycles. The molecule has 4 heterocycles. The predicted molar refractivity (Wildman–Crippen MR) is 260 cm³/mol. The normalized spacial score (nSPS) is 23.5. The van der Waals surface area contributed by atoms with Gasteiger partial charge in [-0.15, -0.1) is 22.7 Å². The van der Waals surface area contributed by atoms with E-state index >= 15 is 0 Å². The maximum absolute atomic E-state index is 13.9. The third-order valence-electron chi connectivity index (χ3n) is 15.9. The summed E-state index contributed by atoms with van der Waals surface area (Å²) < 4.78 is 14.6. The standard InChI is InChI=1S/C56H44N2O6S2/c59-49-35-19-29-11-3-4-12-30(29)20-36(35)50(60)47(49)57-45-27-41-53(65-45)39-23-34-26-44-40(24-33(34)25-43(39)63-55(41)15-7-1-8-16-55)54-42(56(64-44)17-9-2-10-18-56)28-46(66-54)58-48-51(61)37-21-31-13-5-6-14-32(31)22-38(37)52(48)62/h3-6,11-14,19-23,25-28,33-34,40,48,58H,1-2,7-10,15-18,24H2. The van der Waals surface area contributed by atoms with E-state index in [9.17, 15) is 19.2 Å². The van der Waals surface area contributed by atoms with Crippen LogP contribution in [0.4, 0.5) is 10.0 Å². The van der Waals surface area contributed by atoms with Crippen molar-refractivity contribution in [3.8, 4) is 0 Å². The first-order valence-corrected chi connectivity index (χ1v) is 25.3. The van der Waals surface area contributed by atoms with Gasteiger partial charge in [-0.3, -0.25) is 19.2 Å². The Morgan fingerprint density at radius 1 is 0.621 bits per heavy atom. The fourth-order valence-electron chi connectivity index (χ4n) is 12.6. The van der Waals surface area contributed by atoms with E-state index in [4.69, 9.17) is 14.5 Å². The quantitative estimate of drug-likeness (QED) is 0.176. The fraction of sp³-hybridized carbons (Fsp3) is 0.304. The van der Waals surface area contributed by atoms with E-state index in [1.54, 1.807) is 22.7 Å². The van der Waals surface area contributed by atoms with E-state index in [1.807, 2.05) is 72.8 Å². The lowest BCUT2D eigenvalue weighted by Gasteiger charge is -2.48. The number of benzene rings is 4. The second-order valence-corrected chi connectivity index (χ2v) is 21.8. The van der Waals surface area contributed by atoms with Gasteiger partial charge in [-0.1, -0.05) is 67.4 Å². The van der Waals surface area contributed by atoms with E-state index < -0.39 is 17.2 Å². The lowest BCUT2D eigenvalue weighted by Crippen LogP contribution is -2.40. The summed E-state index contributed by atoms with van der Waals surface area (Å²) in [6, 6.07) is 26.4. The van der Waals surface area contributed by atoms with Gasteiger partial charge in [-0.2, -0.15) is 0 Å². The average Bonchev–Trinajstić information content (AvgIpc) is 4.09. The molecule has 14 rings (SSSR count). The van der Waals surface area contributed by atoms with Crippen LogP contribution >= 0.6 is 22.7 Å². The molecule has 2 spiro atoms. The molecule has 2 aliphatic heterocycles. The van der Waals surface area contributed by atoms with Crippen molar-refractivity contribution in [1.82, 2.24) is 0 Å². The van der Waals surface area contributed by atoms with Gasteiger partial charge in [0.1, 0.15) is 27.7 Å². The molecule has 7 aliphatic rings. The number of thiophene rings is 2. The molecule has 10 heteroatoms. The molecule has 0 radical (unpaired) electrons. The Kier molecular flexibility index (Phi) is 8.35. The van der Waals surface area contributed by atoms with Crippen molar-refractivity contribution >= 4 is 82.1 Å². The number of fused-ring (bicyclic) bond motifs is 13. The molecule has 3 unspecified atom stereocenters. The van der Waals surface area contributed by atoms with Crippen LogP contribution in [0.25, 0.3) is 37.9 Å². The van der Waals surface area contributed by atoms with Gasteiger partial charge in [0.05, 0.1) is 10.9 Å². The topological polar surface area (TPSA) is 111 Å². The highest BCUT2D eigenvalue weighted by Gasteiger charge is 2.51. The zero-order valence-corrected chi connectivity index (χ0v) is 37.7. The van der Waals surface area contributed by atoms with Gasteiger partial charge in [-0.05, 0) is 134 Å². The Bertz CT molecular complexity index is 3460. The molecule has 3 atom stereocenters. The third kappa shape index (κ3) is 5.64. The second-order valence-electron chi connectivity index (χ2n) is 19.7. The molecule has 0 saturated heterocycles. The summed E-state index contributed by atoms with van der Waals surface area (Å²) in [7, 11) is 0. The predicted octanol–water partition coefficient (Wildman–Crippen LogP) is 11.9. The van der Waals surface area contributed by atoms with Gasteiger partial charge >= 0.3 is 0 Å². The molecule has 66 heavy (non-hydrogen) atoms. The van der Waals surface area contributed by atoms with E-state index in [1.165, 1.54) is 16.9 Å². The number of nitrogens with one attached hydrogen (secondary N) is 1. The molecule has 8 nitrogen and oxygen atoms in total. The number of carbonyl (C=O) groups excluding carboxylic acids is 2. The maximum Gasteiger partial charge on any atom is 0.216 e. The highest BCUT2D eigenvalue weighted by Crippen LogP contribution is 2.61. The first kappa shape index (κ1) is 39.0. The van der Waals surface area contributed by atoms with Crippen molar-refractivity contribution in [3.63, 3.8) is 0 Å². The van der Waals surface area contributed by atoms with Crippen molar-refractivity contribution < 1.29 is 19.1 Å². The van der Waals surface area contributed by atoms with E-state index in [-0.39, 0.29) is 45.5 Å². The molecule has 1 N–H and O–H groups in total. The molecule has 7 aromatic rings. The molecule has 326 valence electrons.